The lowest BCUT2D eigenvalue weighted by atomic mass is 10.0. The average Bonchev–Trinajstić information content (AvgIpc) is 2.68. The largest absolute Gasteiger partial charge is 0.497 e. The summed E-state index contributed by atoms with van der Waals surface area (Å²) in [6.07, 6.45) is 5.37. The van der Waals surface area contributed by atoms with Crippen molar-refractivity contribution in [2.24, 2.45) is 0 Å². The van der Waals surface area contributed by atoms with Crippen LogP contribution in [0.4, 0.5) is 5.69 Å². The molecule has 3 nitrogen and oxygen atoms in total. The molecule has 0 N–H and O–H groups in total. The molecule has 1 unspecified atom stereocenters. The Morgan fingerprint density at radius 1 is 1.10 bits per heavy atom. The van der Waals surface area contributed by atoms with Crippen LogP contribution in [-0.2, 0) is 0 Å². The van der Waals surface area contributed by atoms with Crippen LogP contribution in [0.5, 0.6) is 5.75 Å². The van der Waals surface area contributed by atoms with Gasteiger partial charge in [0, 0.05) is 41.9 Å². The van der Waals surface area contributed by atoms with Gasteiger partial charge in [-0.25, -0.2) is 0 Å². The molecular weight excluding hydrogens is 316 g/mol. The highest BCUT2D eigenvalue weighted by atomic mass is 79.9. The molecule has 2 aliphatic rings. The summed E-state index contributed by atoms with van der Waals surface area (Å²) in [7, 11) is 1.73. The maximum Gasteiger partial charge on any atom is 0.122 e. The smallest absolute Gasteiger partial charge is 0.122 e. The zero-order chi connectivity index (χ0) is 13.9. The summed E-state index contributed by atoms with van der Waals surface area (Å²) in [6, 6.07) is 7.12. The van der Waals surface area contributed by atoms with E-state index in [1.54, 1.807) is 7.11 Å². The number of benzene rings is 1. The van der Waals surface area contributed by atoms with Crippen molar-refractivity contribution >= 4 is 21.6 Å². The molecule has 1 aromatic carbocycles. The van der Waals surface area contributed by atoms with Gasteiger partial charge >= 0.3 is 0 Å². The molecule has 0 saturated carbocycles. The first-order chi connectivity index (χ1) is 9.76. The van der Waals surface area contributed by atoms with Crippen molar-refractivity contribution in [3.8, 4) is 5.75 Å². The second-order valence-corrected chi connectivity index (χ2v) is 6.75. The maximum absolute atomic E-state index is 5.40. The molecule has 0 aromatic heterocycles. The highest BCUT2D eigenvalue weighted by Gasteiger charge is 2.27. The molecule has 4 heteroatoms. The number of rotatable bonds is 2. The fourth-order valence-electron chi connectivity index (χ4n) is 3.45. The molecule has 2 aliphatic heterocycles. The second kappa shape index (κ2) is 6.35. The first-order valence-electron chi connectivity index (χ1n) is 7.60. The lowest BCUT2D eigenvalue weighted by Crippen LogP contribution is -2.44. The normalized spacial score (nSPS) is 24.1. The van der Waals surface area contributed by atoms with Crippen LogP contribution in [-0.4, -0.2) is 44.2 Å². The van der Waals surface area contributed by atoms with Crippen LogP contribution in [0.3, 0.4) is 0 Å². The molecule has 0 aliphatic carbocycles. The van der Waals surface area contributed by atoms with Crippen molar-refractivity contribution in [2.75, 3.05) is 38.2 Å². The first kappa shape index (κ1) is 14.2. The fourth-order valence-corrected chi connectivity index (χ4v) is 3.91. The third-order valence-corrected chi connectivity index (χ3v) is 4.97. The summed E-state index contributed by atoms with van der Waals surface area (Å²) in [6.45, 7) is 4.85. The molecule has 2 saturated heterocycles. The van der Waals surface area contributed by atoms with Gasteiger partial charge < -0.3 is 9.64 Å². The van der Waals surface area contributed by atoms with Crippen LogP contribution >= 0.6 is 15.9 Å². The van der Waals surface area contributed by atoms with Gasteiger partial charge in [-0.3, -0.25) is 4.90 Å². The Morgan fingerprint density at radius 3 is 2.80 bits per heavy atom. The van der Waals surface area contributed by atoms with Crippen LogP contribution < -0.4 is 9.64 Å². The van der Waals surface area contributed by atoms with Crippen LogP contribution in [0.25, 0.3) is 0 Å². The minimum atomic E-state index is 0.733. The van der Waals surface area contributed by atoms with Gasteiger partial charge in [0.25, 0.3) is 0 Å². The lowest BCUT2D eigenvalue weighted by molar-refractivity contribution is 0.162. The summed E-state index contributed by atoms with van der Waals surface area (Å²) in [5.74, 6) is 0.930. The van der Waals surface area contributed by atoms with E-state index in [9.17, 15) is 0 Å². The Morgan fingerprint density at radius 2 is 1.95 bits per heavy atom. The molecular formula is C16H23BrN2O. The van der Waals surface area contributed by atoms with Crippen LogP contribution in [0.1, 0.15) is 25.7 Å². The molecule has 0 bridgehead atoms. The number of hydrogen-bond donors (Lipinski definition) is 0. The Hall–Kier alpha value is -0.740. The van der Waals surface area contributed by atoms with Crippen molar-refractivity contribution in [2.45, 2.75) is 31.7 Å². The zero-order valence-electron chi connectivity index (χ0n) is 12.1. The fraction of sp³-hybridized carbons (Fsp3) is 0.625. The molecule has 0 spiro atoms. The topological polar surface area (TPSA) is 15.7 Å². The van der Waals surface area contributed by atoms with Crippen molar-refractivity contribution in [1.82, 2.24) is 4.90 Å². The van der Waals surface area contributed by atoms with E-state index in [0.717, 1.165) is 29.4 Å². The van der Waals surface area contributed by atoms with Crippen molar-refractivity contribution in [1.29, 1.82) is 0 Å². The standard InChI is InChI=1S/C16H23BrN2O/c1-20-16-10-13(17)9-15(11-16)19-8-4-7-18-6-3-2-5-14(18)12-19/h9-11,14H,2-8,12H2,1H3. The number of ether oxygens (including phenoxy) is 1. The van der Waals surface area contributed by atoms with E-state index in [2.05, 4.69) is 37.9 Å². The molecule has 0 amide bonds. The third-order valence-electron chi connectivity index (χ3n) is 4.51. The van der Waals surface area contributed by atoms with Gasteiger partial charge in [0.1, 0.15) is 5.75 Å². The van der Waals surface area contributed by atoms with Gasteiger partial charge in [-0.15, -0.1) is 0 Å². The first-order valence-corrected chi connectivity index (χ1v) is 8.39. The van der Waals surface area contributed by atoms with Crippen LogP contribution in [0.15, 0.2) is 22.7 Å². The number of methoxy groups -OCH3 is 1. The number of halogens is 1. The van der Waals surface area contributed by atoms with E-state index < -0.39 is 0 Å². The zero-order valence-corrected chi connectivity index (χ0v) is 13.7. The Kier molecular flexibility index (Phi) is 4.51. The summed E-state index contributed by atoms with van der Waals surface area (Å²) < 4.78 is 6.49. The minimum Gasteiger partial charge on any atom is -0.497 e. The SMILES string of the molecule is COc1cc(Br)cc(N2CCCN3CCCCC3C2)c1. The lowest BCUT2D eigenvalue weighted by Gasteiger charge is -2.36. The van der Waals surface area contributed by atoms with Gasteiger partial charge in [0.2, 0.25) is 0 Å². The van der Waals surface area contributed by atoms with Gasteiger partial charge in [-0.1, -0.05) is 22.4 Å². The van der Waals surface area contributed by atoms with E-state index in [1.807, 2.05) is 6.07 Å². The van der Waals surface area contributed by atoms with Crippen LogP contribution in [0, 0.1) is 0 Å². The maximum atomic E-state index is 5.40. The molecule has 1 atom stereocenters. The third kappa shape index (κ3) is 3.12. The van der Waals surface area contributed by atoms with Crippen molar-refractivity contribution < 1.29 is 4.74 Å². The number of piperidine rings is 1. The summed E-state index contributed by atoms with van der Waals surface area (Å²) in [5.41, 5.74) is 1.28. The number of nitrogens with zero attached hydrogens (tertiary/aromatic N) is 2. The average molecular weight is 339 g/mol. The monoisotopic (exact) mass is 338 g/mol. The van der Waals surface area contributed by atoms with Gasteiger partial charge in [-0.05, 0) is 37.9 Å². The molecule has 20 heavy (non-hydrogen) atoms. The minimum absolute atomic E-state index is 0.733. The van der Waals surface area contributed by atoms with Gasteiger partial charge in [-0.2, -0.15) is 0 Å². The molecule has 0 radical (unpaired) electrons. The van der Waals surface area contributed by atoms with Gasteiger partial charge in [0.05, 0.1) is 7.11 Å². The Labute approximate surface area is 130 Å². The quantitative estimate of drug-likeness (QED) is 0.820. The van der Waals surface area contributed by atoms with E-state index in [0.29, 0.717) is 0 Å². The predicted molar refractivity (Wildman–Crippen MR) is 86.7 cm³/mol. The summed E-state index contributed by atoms with van der Waals surface area (Å²) in [4.78, 5) is 5.22. The Balaban J connectivity index is 1.80. The molecule has 110 valence electrons. The molecule has 2 fully saturated rings. The molecule has 3 rings (SSSR count). The molecule has 1 aromatic rings. The number of fused-ring (bicyclic) bond motifs is 1. The van der Waals surface area contributed by atoms with E-state index >= 15 is 0 Å². The molecule has 2 heterocycles. The number of anilines is 1. The summed E-state index contributed by atoms with van der Waals surface area (Å²) >= 11 is 3.59. The second-order valence-electron chi connectivity index (χ2n) is 5.83. The predicted octanol–water partition coefficient (Wildman–Crippen LogP) is 3.52. The highest BCUT2D eigenvalue weighted by molar-refractivity contribution is 9.10. The van der Waals surface area contributed by atoms with E-state index in [1.165, 1.54) is 44.5 Å². The van der Waals surface area contributed by atoms with Gasteiger partial charge in [0.15, 0.2) is 0 Å². The summed E-state index contributed by atoms with van der Waals surface area (Å²) in [5, 5.41) is 0. The Bertz CT molecular complexity index is 466. The van der Waals surface area contributed by atoms with E-state index in [-0.39, 0.29) is 0 Å². The van der Waals surface area contributed by atoms with Crippen molar-refractivity contribution in [3.05, 3.63) is 22.7 Å². The highest BCUT2D eigenvalue weighted by Crippen LogP contribution is 2.30. The van der Waals surface area contributed by atoms with Crippen molar-refractivity contribution in [3.63, 3.8) is 0 Å². The van der Waals surface area contributed by atoms with E-state index in [4.69, 9.17) is 4.74 Å². The van der Waals surface area contributed by atoms with Crippen LogP contribution in [0.2, 0.25) is 0 Å². The number of hydrogen-bond acceptors (Lipinski definition) is 3.